The third kappa shape index (κ3) is 2.26. The van der Waals surface area contributed by atoms with E-state index in [9.17, 15) is 22.8 Å². The summed E-state index contributed by atoms with van der Waals surface area (Å²) >= 11 is 0. The van der Waals surface area contributed by atoms with Gasteiger partial charge in [0.05, 0.1) is 0 Å². The molecule has 0 aromatic carbocycles. The molecular formula is C5H5NO7S. The Bertz CT molecular complexity index is 380. The molecule has 0 radical (unpaired) electrons. The smallest absolute Gasteiger partial charge is 0.306 e. The van der Waals surface area contributed by atoms with Gasteiger partial charge in [0.15, 0.2) is 0 Å². The Kier molecular flexibility index (Phi) is 2.53. The maximum absolute atomic E-state index is 10.8. The van der Waals surface area contributed by atoms with Crippen LogP contribution >= 0.6 is 0 Å². The molecule has 0 aliphatic carbocycles. The van der Waals surface area contributed by atoms with Crippen LogP contribution in [0.1, 0.15) is 12.8 Å². The van der Waals surface area contributed by atoms with Gasteiger partial charge in [-0.3, -0.25) is 14.1 Å². The Morgan fingerprint density at radius 3 is 2.07 bits per heavy atom. The number of likely N-dealkylation sites (tertiary alicyclic amines) is 1. The van der Waals surface area contributed by atoms with Gasteiger partial charge >= 0.3 is 16.5 Å². The molecule has 9 heteroatoms. The van der Waals surface area contributed by atoms with E-state index in [0.29, 0.717) is 0 Å². The first kappa shape index (κ1) is 10.6. The molecule has 1 N–H and O–H groups in total. The van der Waals surface area contributed by atoms with Gasteiger partial charge in [0.2, 0.25) is 11.8 Å². The first-order valence-corrected chi connectivity index (χ1v) is 4.74. The molecule has 1 fully saturated rings. The second-order valence-corrected chi connectivity index (χ2v) is 3.42. The lowest BCUT2D eigenvalue weighted by atomic mass is 10.4. The van der Waals surface area contributed by atoms with Crippen LogP contribution in [0.5, 0.6) is 0 Å². The molecule has 0 atom stereocenters. The molecule has 0 aromatic rings. The first-order chi connectivity index (χ1) is 6.31. The summed E-state index contributed by atoms with van der Waals surface area (Å²) in [7, 11) is -5.00. The topological polar surface area (TPSA) is 118 Å². The van der Waals surface area contributed by atoms with Gasteiger partial charge in [0, 0.05) is 12.8 Å². The van der Waals surface area contributed by atoms with Crippen LogP contribution < -0.4 is 0 Å². The van der Waals surface area contributed by atoms with E-state index in [4.69, 9.17) is 4.55 Å². The minimum absolute atomic E-state index is 0.0355. The van der Waals surface area contributed by atoms with Gasteiger partial charge in [0.25, 0.3) is 0 Å². The van der Waals surface area contributed by atoms with Crippen LogP contribution in [-0.2, 0) is 24.2 Å². The van der Waals surface area contributed by atoms with E-state index >= 15 is 0 Å². The lowest BCUT2D eigenvalue weighted by Crippen LogP contribution is -2.37. The number of amides is 3. The predicted octanol–water partition coefficient (Wildman–Crippen LogP) is -0.925. The van der Waals surface area contributed by atoms with Gasteiger partial charge in [0.1, 0.15) is 0 Å². The minimum Gasteiger partial charge on any atom is -0.306 e. The Hall–Kier alpha value is -1.48. The van der Waals surface area contributed by atoms with Crippen LogP contribution in [0, 0.1) is 0 Å². The summed E-state index contributed by atoms with van der Waals surface area (Å²) in [4.78, 5) is 32.5. The van der Waals surface area contributed by atoms with Crippen molar-refractivity contribution in [3.63, 3.8) is 0 Å². The molecule has 0 aromatic heterocycles. The summed E-state index contributed by atoms with van der Waals surface area (Å²) in [5.74, 6) is -1.72. The van der Waals surface area contributed by atoms with E-state index in [1.807, 2.05) is 0 Å². The highest BCUT2D eigenvalue weighted by Crippen LogP contribution is 2.13. The maximum atomic E-state index is 10.8. The fourth-order valence-corrected chi connectivity index (χ4v) is 1.16. The summed E-state index contributed by atoms with van der Waals surface area (Å²) in [6.07, 6.45) is -2.07. The van der Waals surface area contributed by atoms with Gasteiger partial charge < -0.3 is 4.18 Å². The number of carbonyl (C=O) groups excluding carboxylic acids is 3. The Morgan fingerprint density at radius 1 is 1.29 bits per heavy atom. The number of imide groups is 3. The van der Waals surface area contributed by atoms with E-state index in [1.54, 1.807) is 0 Å². The van der Waals surface area contributed by atoms with Crippen molar-refractivity contribution >= 4 is 28.3 Å². The predicted molar refractivity (Wildman–Crippen MR) is 39.1 cm³/mol. The van der Waals surface area contributed by atoms with Crippen molar-refractivity contribution < 1.29 is 31.5 Å². The van der Waals surface area contributed by atoms with Crippen molar-refractivity contribution in [3.8, 4) is 0 Å². The Morgan fingerprint density at radius 2 is 1.71 bits per heavy atom. The summed E-state index contributed by atoms with van der Waals surface area (Å²) in [6.45, 7) is 0. The molecule has 1 heterocycles. The minimum atomic E-state index is -5.00. The van der Waals surface area contributed by atoms with E-state index in [1.165, 1.54) is 0 Å². The van der Waals surface area contributed by atoms with E-state index < -0.39 is 28.3 Å². The van der Waals surface area contributed by atoms with Gasteiger partial charge in [-0.25, -0.2) is 4.79 Å². The molecule has 0 bridgehead atoms. The zero-order valence-electron chi connectivity index (χ0n) is 6.67. The number of carbonyl (C=O) groups is 3. The zero-order valence-corrected chi connectivity index (χ0v) is 7.48. The van der Waals surface area contributed by atoms with E-state index in [2.05, 4.69) is 4.18 Å². The molecule has 0 unspecified atom stereocenters. The molecule has 8 nitrogen and oxygen atoms in total. The first-order valence-electron chi connectivity index (χ1n) is 3.38. The van der Waals surface area contributed by atoms with E-state index in [-0.39, 0.29) is 17.7 Å². The van der Waals surface area contributed by atoms with Crippen LogP contribution in [0.3, 0.4) is 0 Å². The second-order valence-electron chi connectivity index (χ2n) is 2.40. The highest BCUT2D eigenvalue weighted by Gasteiger charge is 2.37. The van der Waals surface area contributed by atoms with Crippen molar-refractivity contribution in [3.05, 3.63) is 0 Å². The van der Waals surface area contributed by atoms with Crippen LogP contribution in [0.25, 0.3) is 0 Å². The fraction of sp³-hybridized carbons (Fsp3) is 0.400. The molecule has 1 saturated heterocycles. The quantitative estimate of drug-likeness (QED) is 0.450. The molecular weight excluding hydrogens is 218 g/mol. The second kappa shape index (κ2) is 3.35. The third-order valence-corrected chi connectivity index (χ3v) is 1.76. The van der Waals surface area contributed by atoms with Gasteiger partial charge in [-0.15, -0.1) is 0 Å². The largest absolute Gasteiger partial charge is 0.450 e. The lowest BCUT2D eigenvalue weighted by Gasteiger charge is -2.08. The Balaban J connectivity index is 2.80. The monoisotopic (exact) mass is 223 g/mol. The standard InChI is InChI=1S/C5H5NO7S/c7-3-1-2-4(8)6(3)5(9)13-14(10,11)12/h1-2H2,(H,10,11,12). The van der Waals surface area contributed by atoms with Crippen LogP contribution in [-0.4, -0.2) is 35.8 Å². The molecule has 14 heavy (non-hydrogen) atoms. The number of hydrogen-bond donors (Lipinski definition) is 1. The summed E-state index contributed by atoms with van der Waals surface area (Å²) in [5, 5.41) is 0. The van der Waals surface area contributed by atoms with E-state index in [0.717, 1.165) is 0 Å². The molecule has 1 rings (SSSR count). The highest BCUT2D eigenvalue weighted by molar-refractivity contribution is 7.81. The van der Waals surface area contributed by atoms with Crippen LogP contribution in [0.2, 0.25) is 0 Å². The van der Waals surface area contributed by atoms with Crippen molar-refractivity contribution in [2.24, 2.45) is 0 Å². The van der Waals surface area contributed by atoms with Gasteiger partial charge in [-0.2, -0.15) is 13.3 Å². The summed E-state index contributed by atoms with van der Waals surface area (Å²) in [6, 6.07) is 0. The third-order valence-electron chi connectivity index (χ3n) is 1.41. The van der Waals surface area contributed by atoms with Crippen molar-refractivity contribution in [1.29, 1.82) is 0 Å². The summed E-state index contributed by atoms with van der Waals surface area (Å²) in [5.41, 5.74) is 0. The van der Waals surface area contributed by atoms with Crippen LogP contribution in [0.15, 0.2) is 0 Å². The summed E-state index contributed by atoms with van der Waals surface area (Å²) < 4.78 is 31.7. The average Bonchev–Trinajstić information content (AvgIpc) is 2.27. The highest BCUT2D eigenvalue weighted by atomic mass is 32.3. The fourth-order valence-electron chi connectivity index (χ4n) is 0.908. The molecule has 1 aliphatic heterocycles. The normalized spacial score (nSPS) is 17.4. The zero-order chi connectivity index (χ0) is 10.9. The van der Waals surface area contributed by atoms with Gasteiger partial charge in [-0.05, 0) is 0 Å². The van der Waals surface area contributed by atoms with Crippen molar-refractivity contribution in [2.45, 2.75) is 12.8 Å². The lowest BCUT2D eigenvalue weighted by molar-refractivity contribution is -0.135. The molecule has 1 aliphatic rings. The molecule has 0 spiro atoms. The van der Waals surface area contributed by atoms with Crippen LogP contribution in [0.4, 0.5) is 4.79 Å². The van der Waals surface area contributed by atoms with Gasteiger partial charge in [-0.1, -0.05) is 0 Å². The number of rotatable bonds is 1. The SMILES string of the molecule is O=C1CCC(=O)N1C(=O)OS(=O)(=O)O. The van der Waals surface area contributed by atoms with Crippen molar-refractivity contribution in [1.82, 2.24) is 4.90 Å². The molecule has 78 valence electrons. The number of hydrogen-bond acceptors (Lipinski definition) is 6. The Labute approximate surface area is 78.4 Å². The molecule has 3 amide bonds. The maximum Gasteiger partial charge on any atom is 0.450 e. The number of nitrogens with zero attached hydrogens (tertiary/aromatic N) is 1. The van der Waals surface area contributed by atoms with Crippen molar-refractivity contribution in [2.75, 3.05) is 0 Å². The molecule has 0 saturated carbocycles. The average molecular weight is 223 g/mol.